The Morgan fingerprint density at radius 1 is 1.39 bits per heavy atom. The summed E-state index contributed by atoms with van der Waals surface area (Å²) in [6, 6.07) is 6.36. The summed E-state index contributed by atoms with van der Waals surface area (Å²) in [5.41, 5.74) is 4.19. The van der Waals surface area contributed by atoms with E-state index in [1.165, 1.54) is 5.56 Å². The van der Waals surface area contributed by atoms with Crippen LogP contribution in [0.2, 0.25) is 0 Å². The molecule has 3 aromatic rings. The zero-order valence-corrected chi connectivity index (χ0v) is 11.8. The van der Waals surface area contributed by atoms with Gasteiger partial charge in [-0.3, -0.25) is 4.57 Å². The van der Waals surface area contributed by atoms with E-state index in [0.29, 0.717) is 0 Å². The lowest BCUT2D eigenvalue weighted by atomic mass is 10.2. The Bertz CT molecular complexity index is 737. The molecule has 0 fully saturated rings. The smallest absolute Gasteiger partial charge is 0.179 e. The van der Waals surface area contributed by atoms with Gasteiger partial charge in [-0.1, -0.05) is 0 Å². The van der Waals surface area contributed by atoms with Crippen LogP contribution >= 0.6 is 23.6 Å². The van der Waals surface area contributed by atoms with E-state index >= 15 is 0 Å². The van der Waals surface area contributed by atoms with Crippen LogP contribution in [0, 0.1) is 11.7 Å². The molecule has 1 atom stereocenters. The van der Waals surface area contributed by atoms with Crippen molar-refractivity contribution in [1.29, 1.82) is 0 Å². The molecular weight excluding hydrogens is 262 g/mol. The largest absolute Gasteiger partial charge is 0.329 e. The first kappa shape index (κ1) is 11.6. The summed E-state index contributed by atoms with van der Waals surface area (Å²) in [6.45, 7) is 4.14. The normalized spacial score (nSPS) is 13.0. The first-order valence-corrected chi connectivity index (χ1v) is 7.12. The number of nitrogens with one attached hydrogen (secondary N) is 1. The van der Waals surface area contributed by atoms with Crippen LogP contribution in [-0.2, 0) is 0 Å². The molecule has 3 aromatic heterocycles. The Kier molecular flexibility index (Phi) is 2.80. The van der Waals surface area contributed by atoms with Crippen LogP contribution in [0.4, 0.5) is 0 Å². The number of thiophene rings is 1. The van der Waals surface area contributed by atoms with Crippen molar-refractivity contribution >= 4 is 34.7 Å². The lowest BCUT2D eigenvalue weighted by Gasteiger charge is -2.12. The van der Waals surface area contributed by atoms with Gasteiger partial charge in [-0.15, -0.1) is 0 Å². The summed E-state index contributed by atoms with van der Waals surface area (Å²) in [6.07, 6.45) is 0. The van der Waals surface area contributed by atoms with E-state index < -0.39 is 0 Å². The predicted molar refractivity (Wildman–Crippen MR) is 77.8 cm³/mol. The molecular formula is C13H13N3S2. The summed E-state index contributed by atoms with van der Waals surface area (Å²) in [5, 5.41) is 4.24. The lowest BCUT2D eigenvalue weighted by Crippen LogP contribution is -2.06. The van der Waals surface area contributed by atoms with Crippen molar-refractivity contribution in [2.24, 2.45) is 0 Å². The third-order valence-corrected chi connectivity index (χ3v) is 4.12. The highest BCUT2D eigenvalue weighted by atomic mass is 32.1. The standard InChI is InChI=1S/C13H13N3S2/c1-8-3-4-11-12(14-8)16(13(17)15-11)9(2)10-5-6-18-7-10/h3-7,9H,1-2H3,(H,15,17). The van der Waals surface area contributed by atoms with Crippen molar-refractivity contribution in [3.05, 3.63) is 45.0 Å². The summed E-state index contributed by atoms with van der Waals surface area (Å²) >= 11 is 7.12. The molecule has 92 valence electrons. The van der Waals surface area contributed by atoms with E-state index in [4.69, 9.17) is 12.2 Å². The van der Waals surface area contributed by atoms with Gasteiger partial charge in [0, 0.05) is 5.69 Å². The first-order valence-electron chi connectivity index (χ1n) is 5.77. The van der Waals surface area contributed by atoms with Crippen LogP contribution in [0.5, 0.6) is 0 Å². The number of hydrogen-bond donors (Lipinski definition) is 1. The molecule has 0 aromatic carbocycles. The van der Waals surface area contributed by atoms with Gasteiger partial charge < -0.3 is 4.98 Å². The van der Waals surface area contributed by atoms with Crippen molar-refractivity contribution in [3.8, 4) is 0 Å². The molecule has 0 aliphatic heterocycles. The van der Waals surface area contributed by atoms with Gasteiger partial charge in [-0.05, 0) is 60.6 Å². The molecule has 3 nitrogen and oxygen atoms in total. The first-order chi connectivity index (χ1) is 8.66. The molecule has 1 N–H and O–H groups in total. The van der Waals surface area contributed by atoms with Gasteiger partial charge in [0.1, 0.15) is 0 Å². The topological polar surface area (TPSA) is 33.6 Å². The van der Waals surface area contributed by atoms with Gasteiger partial charge in [0.15, 0.2) is 10.4 Å². The molecule has 0 aliphatic rings. The van der Waals surface area contributed by atoms with E-state index in [1.807, 2.05) is 19.1 Å². The highest BCUT2D eigenvalue weighted by Crippen LogP contribution is 2.24. The van der Waals surface area contributed by atoms with Crippen LogP contribution in [0.15, 0.2) is 29.0 Å². The number of nitrogens with zero attached hydrogens (tertiary/aromatic N) is 2. The number of imidazole rings is 1. The van der Waals surface area contributed by atoms with E-state index in [9.17, 15) is 0 Å². The molecule has 0 bridgehead atoms. The molecule has 0 saturated carbocycles. The van der Waals surface area contributed by atoms with Crippen LogP contribution < -0.4 is 0 Å². The van der Waals surface area contributed by atoms with Gasteiger partial charge in [-0.25, -0.2) is 4.98 Å². The quantitative estimate of drug-likeness (QED) is 0.715. The Hall–Kier alpha value is -1.46. The SMILES string of the molecule is Cc1ccc2[nH]c(=S)n(C(C)c3ccsc3)c2n1. The van der Waals surface area contributed by atoms with Crippen LogP contribution in [0.1, 0.15) is 24.2 Å². The van der Waals surface area contributed by atoms with Crippen LogP contribution in [0.25, 0.3) is 11.2 Å². The fourth-order valence-corrected chi connectivity index (χ4v) is 3.22. The van der Waals surface area contributed by atoms with E-state index in [1.54, 1.807) is 11.3 Å². The summed E-state index contributed by atoms with van der Waals surface area (Å²) in [4.78, 5) is 7.81. The Morgan fingerprint density at radius 3 is 2.94 bits per heavy atom. The lowest BCUT2D eigenvalue weighted by molar-refractivity contribution is 0.646. The minimum Gasteiger partial charge on any atom is -0.329 e. The molecule has 5 heteroatoms. The third-order valence-electron chi connectivity index (χ3n) is 3.12. The maximum atomic E-state index is 5.42. The maximum Gasteiger partial charge on any atom is 0.179 e. The number of aromatic nitrogens is 3. The van der Waals surface area contributed by atoms with E-state index in [-0.39, 0.29) is 6.04 Å². The van der Waals surface area contributed by atoms with E-state index in [0.717, 1.165) is 21.6 Å². The molecule has 3 rings (SSSR count). The minimum absolute atomic E-state index is 0.201. The number of aryl methyl sites for hydroxylation is 1. The van der Waals surface area contributed by atoms with Gasteiger partial charge in [-0.2, -0.15) is 11.3 Å². The summed E-state index contributed by atoms with van der Waals surface area (Å²) < 4.78 is 2.81. The van der Waals surface area contributed by atoms with E-state index in [2.05, 4.69) is 38.3 Å². The average Bonchev–Trinajstić information content (AvgIpc) is 2.94. The number of hydrogen-bond acceptors (Lipinski definition) is 3. The maximum absolute atomic E-state index is 5.42. The number of H-pyrrole nitrogens is 1. The highest BCUT2D eigenvalue weighted by molar-refractivity contribution is 7.71. The minimum atomic E-state index is 0.201. The zero-order chi connectivity index (χ0) is 12.7. The Morgan fingerprint density at radius 2 is 2.22 bits per heavy atom. The molecule has 0 radical (unpaired) electrons. The van der Waals surface area contributed by atoms with Crippen LogP contribution in [0.3, 0.4) is 0 Å². The van der Waals surface area contributed by atoms with Crippen molar-refractivity contribution < 1.29 is 0 Å². The number of pyridine rings is 1. The molecule has 0 saturated heterocycles. The van der Waals surface area contributed by atoms with Gasteiger partial charge >= 0.3 is 0 Å². The summed E-state index contributed by atoms with van der Waals surface area (Å²) in [7, 11) is 0. The summed E-state index contributed by atoms with van der Waals surface area (Å²) in [5.74, 6) is 0. The zero-order valence-electron chi connectivity index (χ0n) is 10.2. The molecule has 0 amide bonds. The second-order valence-corrected chi connectivity index (χ2v) is 5.52. The Balaban J connectivity index is 2.25. The average molecular weight is 275 g/mol. The second kappa shape index (κ2) is 4.33. The van der Waals surface area contributed by atoms with Crippen molar-refractivity contribution in [2.75, 3.05) is 0 Å². The molecule has 18 heavy (non-hydrogen) atoms. The number of rotatable bonds is 2. The third kappa shape index (κ3) is 1.79. The fraction of sp³-hybridized carbons (Fsp3) is 0.231. The van der Waals surface area contributed by atoms with Gasteiger partial charge in [0.2, 0.25) is 0 Å². The second-order valence-electron chi connectivity index (χ2n) is 4.36. The predicted octanol–water partition coefficient (Wildman–Crippen LogP) is 4.07. The van der Waals surface area contributed by atoms with Gasteiger partial charge in [0.25, 0.3) is 0 Å². The highest BCUT2D eigenvalue weighted by Gasteiger charge is 2.14. The molecule has 0 aliphatic carbocycles. The monoisotopic (exact) mass is 275 g/mol. The molecule has 0 spiro atoms. The fourth-order valence-electron chi connectivity index (χ4n) is 2.12. The van der Waals surface area contributed by atoms with Crippen molar-refractivity contribution in [1.82, 2.24) is 14.5 Å². The van der Waals surface area contributed by atoms with Crippen molar-refractivity contribution in [2.45, 2.75) is 19.9 Å². The molecule has 1 unspecified atom stereocenters. The van der Waals surface area contributed by atoms with Crippen LogP contribution in [-0.4, -0.2) is 14.5 Å². The molecule has 3 heterocycles. The van der Waals surface area contributed by atoms with Crippen molar-refractivity contribution in [3.63, 3.8) is 0 Å². The van der Waals surface area contributed by atoms with Gasteiger partial charge in [0.05, 0.1) is 11.6 Å². The Labute approximate surface area is 114 Å². The number of fused-ring (bicyclic) bond motifs is 1. The number of aromatic amines is 1.